The van der Waals surface area contributed by atoms with Crippen LogP contribution >= 0.6 is 0 Å². The predicted molar refractivity (Wildman–Crippen MR) is 83.4 cm³/mol. The van der Waals surface area contributed by atoms with Gasteiger partial charge in [-0.25, -0.2) is 0 Å². The van der Waals surface area contributed by atoms with E-state index in [9.17, 15) is 10.5 Å². The number of benzene rings is 2. The molecule has 0 radical (unpaired) electrons. The number of hydrogen-bond donors (Lipinski definition) is 0. The van der Waals surface area contributed by atoms with Crippen LogP contribution in [0.25, 0.3) is 10.8 Å². The summed E-state index contributed by atoms with van der Waals surface area (Å²) in [6.45, 7) is 0. The molecule has 0 amide bonds. The molecule has 1 aliphatic rings. The molecule has 2 aromatic rings. The second-order valence-corrected chi connectivity index (χ2v) is 5.49. The van der Waals surface area contributed by atoms with Gasteiger partial charge in [-0.15, -0.1) is 0 Å². The van der Waals surface area contributed by atoms with E-state index in [0.717, 1.165) is 31.3 Å². The summed E-state index contributed by atoms with van der Waals surface area (Å²) < 4.78 is 0. The lowest BCUT2D eigenvalue weighted by atomic mass is 9.76. The summed E-state index contributed by atoms with van der Waals surface area (Å²) in [6, 6.07) is 18.8. The standard InChI is InChI=1S/C19H16N2/c20-12-15(13-21)17-9-3-4-10-18(17)19-11-5-7-14-6-1-2-8-16(14)19/h1-2,5-8,11,18H,3-4,9-10H2. The van der Waals surface area contributed by atoms with Crippen LogP contribution in [0.4, 0.5) is 0 Å². The lowest BCUT2D eigenvalue weighted by Gasteiger charge is -2.27. The maximum Gasteiger partial charge on any atom is 0.129 e. The van der Waals surface area contributed by atoms with Crippen molar-refractivity contribution in [2.24, 2.45) is 0 Å². The van der Waals surface area contributed by atoms with Gasteiger partial charge in [0.25, 0.3) is 0 Å². The highest BCUT2D eigenvalue weighted by Gasteiger charge is 2.25. The lowest BCUT2D eigenvalue weighted by Crippen LogP contribution is -2.11. The molecule has 1 aliphatic carbocycles. The molecule has 21 heavy (non-hydrogen) atoms. The van der Waals surface area contributed by atoms with Gasteiger partial charge < -0.3 is 0 Å². The molecule has 1 unspecified atom stereocenters. The number of nitrogens with zero attached hydrogens (tertiary/aromatic N) is 2. The van der Waals surface area contributed by atoms with Gasteiger partial charge in [-0.1, -0.05) is 48.9 Å². The SMILES string of the molecule is N#CC(C#N)=C1CCCCC1c1cccc2ccccc12. The van der Waals surface area contributed by atoms with Gasteiger partial charge in [0.1, 0.15) is 17.7 Å². The first-order chi connectivity index (χ1) is 10.3. The highest BCUT2D eigenvalue weighted by Crippen LogP contribution is 2.41. The third-order valence-electron chi connectivity index (χ3n) is 4.35. The minimum Gasteiger partial charge on any atom is -0.192 e. The van der Waals surface area contributed by atoms with E-state index in [2.05, 4.69) is 42.5 Å². The number of nitriles is 2. The van der Waals surface area contributed by atoms with Crippen molar-refractivity contribution in [1.82, 2.24) is 0 Å². The highest BCUT2D eigenvalue weighted by atomic mass is 14.3. The molecule has 3 rings (SSSR count). The molecule has 2 heteroatoms. The molecule has 1 saturated carbocycles. The number of allylic oxidation sites excluding steroid dienone is 2. The molecule has 0 saturated heterocycles. The third-order valence-corrected chi connectivity index (χ3v) is 4.35. The predicted octanol–water partition coefficient (Wildman–Crippen LogP) is 4.84. The zero-order valence-corrected chi connectivity index (χ0v) is 11.8. The Morgan fingerprint density at radius 1 is 0.952 bits per heavy atom. The molecular formula is C19H16N2. The van der Waals surface area contributed by atoms with Crippen LogP contribution in [-0.2, 0) is 0 Å². The summed E-state index contributed by atoms with van der Waals surface area (Å²) in [5, 5.41) is 20.9. The zero-order valence-electron chi connectivity index (χ0n) is 11.8. The van der Waals surface area contributed by atoms with E-state index < -0.39 is 0 Å². The minimum atomic E-state index is 0.208. The van der Waals surface area contributed by atoms with Crippen molar-refractivity contribution < 1.29 is 0 Å². The summed E-state index contributed by atoms with van der Waals surface area (Å²) in [5.74, 6) is 0.208. The van der Waals surface area contributed by atoms with Gasteiger partial charge in [-0.3, -0.25) is 0 Å². The Kier molecular flexibility index (Phi) is 3.71. The Morgan fingerprint density at radius 3 is 2.52 bits per heavy atom. The largest absolute Gasteiger partial charge is 0.192 e. The van der Waals surface area contributed by atoms with Crippen molar-refractivity contribution in [2.45, 2.75) is 31.6 Å². The van der Waals surface area contributed by atoms with Gasteiger partial charge in [0, 0.05) is 5.92 Å². The van der Waals surface area contributed by atoms with Crippen LogP contribution in [0.1, 0.15) is 37.2 Å². The van der Waals surface area contributed by atoms with E-state index in [1.54, 1.807) is 0 Å². The Bertz CT molecular complexity index is 766. The Labute approximate surface area is 124 Å². The normalized spacial score (nSPS) is 18.0. The fourth-order valence-electron chi connectivity index (χ4n) is 3.38. The summed E-state index contributed by atoms with van der Waals surface area (Å²) in [7, 11) is 0. The fourth-order valence-corrected chi connectivity index (χ4v) is 3.38. The zero-order chi connectivity index (χ0) is 14.7. The number of rotatable bonds is 1. The number of hydrogen-bond acceptors (Lipinski definition) is 2. The van der Waals surface area contributed by atoms with Crippen LogP contribution in [0.5, 0.6) is 0 Å². The van der Waals surface area contributed by atoms with Crippen LogP contribution in [-0.4, -0.2) is 0 Å². The minimum absolute atomic E-state index is 0.208. The second-order valence-electron chi connectivity index (χ2n) is 5.49. The van der Waals surface area contributed by atoms with Crippen molar-refractivity contribution in [2.75, 3.05) is 0 Å². The molecular weight excluding hydrogens is 256 g/mol. The molecule has 1 atom stereocenters. The molecule has 2 nitrogen and oxygen atoms in total. The second kappa shape index (κ2) is 5.81. The summed E-state index contributed by atoms with van der Waals surface area (Å²) in [4.78, 5) is 0. The van der Waals surface area contributed by atoms with E-state index in [-0.39, 0.29) is 5.92 Å². The third kappa shape index (κ3) is 2.41. The van der Waals surface area contributed by atoms with E-state index in [1.807, 2.05) is 12.1 Å². The van der Waals surface area contributed by atoms with Crippen LogP contribution < -0.4 is 0 Å². The van der Waals surface area contributed by atoms with Crippen molar-refractivity contribution >= 4 is 10.8 Å². The van der Waals surface area contributed by atoms with Gasteiger partial charge in [0.2, 0.25) is 0 Å². The van der Waals surface area contributed by atoms with Crippen LogP contribution in [0.3, 0.4) is 0 Å². The van der Waals surface area contributed by atoms with Gasteiger partial charge in [-0.2, -0.15) is 10.5 Å². The van der Waals surface area contributed by atoms with Crippen molar-refractivity contribution in [3.63, 3.8) is 0 Å². The van der Waals surface area contributed by atoms with E-state index in [1.165, 1.54) is 16.3 Å². The molecule has 0 spiro atoms. The average Bonchev–Trinajstić information content (AvgIpc) is 2.56. The quantitative estimate of drug-likeness (QED) is 0.697. The lowest BCUT2D eigenvalue weighted by molar-refractivity contribution is 0.541. The van der Waals surface area contributed by atoms with Gasteiger partial charge in [0.15, 0.2) is 0 Å². The Hall–Kier alpha value is -2.58. The monoisotopic (exact) mass is 272 g/mol. The van der Waals surface area contributed by atoms with E-state index in [4.69, 9.17) is 0 Å². The number of fused-ring (bicyclic) bond motifs is 1. The molecule has 1 fully saturated rings. The van der Waals surface area contributed by atoms with Gasteiger partial charge in [0.05, 0.1) is 0 Å². The average molecular weight is 272 g/mol. The topological polar surface area (TPSA) is 47.6 Å². The van der Waals surface area contributed by atoms with Crippen LogP contribution in [0, 0.1) is 22.7 Å². The molecule has 0 bridgehead atoms. The van der Waals surface area contributed by atoms with E-state index >= 15 is 0 Å². The summed E-state index contributed by atoms with van der Waals surface area (Å²) >= 11 is 0. The van der Waals surface area contributed by atoms with E-state index in [0.29, 0.717) is 5.57 Å². The van der Waals surface area contributed by atoms with Crippen molar-refractivity contribution in [1.29, 1.82) is 10.5 Å². The molecule has 0 N–H and O–H groups in total. The van der Waals surface area contributed by atoms with Gasteiger partial charge >= 0.3 is 0 Å². The van der Waals surface area contributed by atoms with Crippen LogP contribution in [0.2, 0.25) is 0 Å². The summed E-state index contributed by atoms with van der Waals surface area (Å²) in [6.07, 6.45) is 4.12. The van der Waals surface area contributed by atoms with Crippen LogP contribution in [0.15, 0.2) is 53.6 Å². The first kappa shape index (κ1) is 13.4. The molecule has 2 aromatic carbocycles. The first-order valence-electron chi connectivity index (χ1n) is 7.36. The molecule has 0 heterocycles. The molecule has 0 aromatic heterocycles. The van der Waals surface area contributed by atoms with Crippen molar-refractivity contribution in [3.05, 3.63) is 59.2 Å². The van der Waals surface area contributed by atoms with Gasteiger partial charge in [-0.05, 0) is 41.2 Å². The molecule has 102 valence electrons. The first-order valence-corrected chi connectivity index (χ1v) is 7.36. The Morgan fingerprint density at radius 2 is 1.71 bits per heavy atom. The molecule has 0 aliphatic heterocycles. The Balaban J connectivity index is 2.19. The fraction of sp³-hybridized carbons (Fsp3) is 0.263. The summed E-state index contributed by atoms with van der Waals surface area (Å²) in [5.41, 5.74) is 2.60. The maximum absolute atomic E-state index is 9.23. The maximum atomic E-state index is 9.23. The highest BCUT2D eigenvalue weighted by molar-refractivity contribution is 5.86. The smallest absolute Gasteiger partial charge is 0.129 e. The van der Waals surface area contributed by atoms with Crippen molar-refractivity contribution in [3.8, 4) is 12.1 Å².